The van der Waals surface area contributed by atoms with Crippen LogP contribution in [-0.4, -0.2) is 34.8 Å². The lowest BCUT2D eigenvalue weighted by atomic mass is 10.2. The molecule has 3 N–H and O–H groups in total. The first-order valence-electron chi connectivity index (χ1n) is 6.15. The number of rotatable bonds is 7. The van der Waals surface area contributed by atoms with Crippen LogP contribution in [0.2, 0.25) is 0 Å². The van der Waals surface area contributed by atoms with E-state index in [-0.39, 0.29) is 12.5 Å². The molecule has 17 heavy (non-hydrogen) atoms. The van der Waals surface area contributed by atoms with Gasteiger partial charge in [-0.15, -0.1) is 0 Å². The number of nitrogens with one attached hydrogen (secondary N) is 2. The fourth-order valence-electron chi connectivity index (χ4n) is 1.55. The Labute approximate surface area is 103 Å². The van der Waals surface area contributed by atoms with E-state index in [1.807, 2.05) is 13.8 Å². The van der Waals surface area contributed by atoms with Crippen LogP contribution in [0.15, 0.2) is 6.33 Å². The van der Waals surface area contributed by atoms with Crippen LogP contribution >= 0.6 is 0 Å². The average molecular weight is 238 g/mol. The molecule has 0 spiro atoms. The molecule has 0 amide bonds. The summed E-state index contributed by atoms with van der Waals surface area (Å²) in [4.78, 5) is 8.49. The summed E-state index contributed by atoms with van der Waals surface area (Å²) in [6, 6.07) is 0. The lowest BCUT2D eigenvalue weighted by Crippen LogP contribution is -2.17. The molecular weight excluding hydrogens is 216 g/mol. The van der Waals surface area contributed by atoms with Crippen molar-refractivity contribution in [3.8, 4) is 0 Å². The Kier molecular flexibility index (Phi) is 5.69. The molecule has 0 radical (unpaired) electrons. The van der Waals surface area contributed by atoms with Gasteiger partial charge in [-0.05, 0) is 19.3 Å². The Balaban J connectivity index is 2.79. The van der Waals surface area contributed by atoms with Crippen LogP contribution in [-0.2, 0) is 6.42 Å². The van der Waals surface area contributed by atoms with E-state index in [1.54, 1.807) is 6.33 Å². The summed E-state index contributed by atoms with van der Waals surface area (Å²) in [5, 5.41) is 15.5. The third kappa shape index (κ3) is 3.85. The second-order valence-corrected chi connectivity index (χ2v) is 4.10. The molecule has 1 aromatic heterocycles. The Bertz CT molecular complexity index is 343. The van der Waals surface area contributed by atoms with E-state index in [1.165, 1.54) is 0 Å². The number of aliphatic hydroxyl groups excluding tert-OH is 1. The third-order valence-electron chi connectivity index (χ3n) is 2.57. The van der Waals surface area contributed by atoms with Gasteiger partial charge in [0.25, 0.3) is 0 Å². The van der Waals surface area contributed by atoms with Crippen molar-refractivity contribution in [2.45, 2.75) is 27.2 Å². The van der Waals surface area contributed by atoms with E-state index in [0.717, 1.165) is 30.2 Å². The van der Waals surface area contributed by atoms with Gasteiger partial charge in [-0.25, -0.2) is 9.97 Å². The van der Waals surface area contributed by atoms with Crippen LogP contribution < -0.4 is 10.6 Å². The third-order valence-corrected chi connectivity index (χ3v) is 2.57. The highest BCUT2D eigenvalue weighted by Gasteiger charge is 2.09. The van der Waals surface area contributed by atoms with Gasteiger partial charge >= 0.3 is 0 Å². The summed E-state index contributed by atoms with van der Waals surface area (Å²) in [6.45, 7) is 7.86. The summed E-state index contributed by atoms with van der Waals surface area (Å²) >= 11 is 0. The Morgan fingerprint density at radius 2 is 1.88 bits per heavy atom. The van der Waals surface area contributed by atoms with Crippen molar-refractivity contribution in [2.24, 2.45) is 5.92 Å². The molecule has 0 saturated heterocycles. The second-order valence-electron chi connectivity index (χ2n) is 4.10. The van der Waals surface area contributed by atoms with Crippen molar-refractivity contribution in [2.75, 3.05) is 30.3 Å². The monoisotopic (exact) mass is 238 g/mol. The van der Waals surface area contributed by atoms with Crippen LogP contribution in [0.4, 0.5) is 11.6 Å². The van der Waals surface area contributed by atoms with Gasteiger partial charge in [0.15, 0.2) is 0 Å². The van der Waals surface area contributed by atoms with Crippen molar-refractivity contribution in [3.05, 3.63) is 11.9 Å². The SMILES string of the molecule is CCNc1ncnc(NCC(C)CO)c1CC. The second kappa shape index (κ2) is 7.06. The van der Waals surface area contributed by atoms with Gasteiger partial charge < -0.3 is 15.7 Å². The molecule has 0 aliphatic carbocycles. The van der Waals surface area contributed by atoms with Crippen molar-refractivity contribution in [1.29, 1.82) is 0 Å². The molecule has 0 aliphatic rings. The Hall–Kier alpha value is -1.36. The van der Waals surface area contributed by atoms with Gasteiger partial charge in [0.1, 0.15) is 18.0 Å². The fraction of sp³-hybridized carbons (Fsp3) is 0.667. The van der Waals surface area contributed by atoms with Crippen molar-refractivity contribution >= 4 is 11.6 Å². The normalized spacial score (nSPS) is 12.2. The van der Waals surface area contributed by atoms with Gasteiger partial charge in [0, 0.05) is 25.3 Å². The summed E-state index contributed by atoms with van der Waals surface area (Å²) in [7, 11) is 0. The molecule has 0 bridgehead atoms. The minimum absolute atomic E-state index is 0.180. The predicted molar refractivity (Wildman–Crippen MR) is 70.3 cm³/mol. The maximum Gasteiger partial charge on any atom is 0.134 e. The molecule has 0 aromatic carbocycles. The minimum Gasteiger partial charge on any atom is -0.396 e. The number of aromatic nitrogens is 2. The smallest absolute Gasteiger partial charge is 0.134 e. The fourth-order valence-corrected chi connectivity index (χ4v) is 1.55. The van der Waals surface area contributed by atoms with Crippen LogP contribution in [0.3, 0.4) is 0 Å². The number of aliphatic hydroxyl groups is 1. The maximum atomic E-state index is 8.99. The lowest BCUT2D eigenvalue weighted by molar-refractivity contribution is 0.244. The highest BCUT2D eigenvalue weighted by atomic mass is 16.3. The molecule has 0 saturated carbocycles. The van der Waals surface area contributed by atoms with Crippen LogP contribution in [0.1, 0.15) is 26.3 Å². The van der Waals surface area contributed by atoms with Gasteiger partial charge in [0.2, 0.25) is 0 Å². The molecule has 5 nitrogen and oxygen atoms in total. The quantitative estimate of drug-likeness (QED) is 0.671. The van der Waals surface area contributed by atoms with Crippen LogP contribution in [0, 0.1) is 5.92 Å². The van der Waals surface area contributed by atoms with Gasteiger partial charge in [-0.2, -0.15) is 0 Å². The van der Waals surface area contributed by atoms with E-state index < -0.39 is 0 Å². The van der Waals surface area contributed by atoms with E-state index in [2.05, 4.69) is 27.5 Å². The minimum atomic E-state index is 0.180. The first kappa shape index (κ1) is 13.7. The molecule has 1 heterocycles. The Morgan fingerprint density at radius 3 is 2.41 bits per heavy atom. The number of anilines is 2. The molecule has 0 aliphatic heterocycles. The molecule has 1 unspecified atom stereocenters. The van der Waals surface area contributed by atoms with E-state index in [9.17, 15) is 0 Å². The maximum absolute atomic E-state index is 8.99. The average Bonchev–Trinajstić information content (AvgIpc) is 2.36. The predicted octanol–water partition coefficient (Wildman–Crippen LogP) is 1.51. The zero-order valence-electron chi connectivity index (χ0n) is 10.8. The highest BCUT2D eigenvalue weighted by Crippen LogP contribution is 2.20. The standard InChI is InChI=1S/C12H22N4O/c1-4-10-11(13-5-2)15-8-16-12(10)14-6-9(3)7-17/h8-9,17H,4-7H2,1-3H3,(H2,13,14,15,16). The summed E-state index contributed by atoms with van der Waals surface area (Å²) in [5.41, 5.74) is 1.10. The van der Waals surface area contributed by atoms with Crippen molar-refractivity contribution in [3.63, 3.8) is 0 Å². The van der Waals surface area contributed by atoms with Crippen LogP contribution in [0.25, 0.3) is 0 Å². The molecule has 1 rings (SSSR count). The van der Waals surface area contributed by atoms with Crippen molar-refractivity contribution in [1.82, 2.24) is 9.97 Å². The zero-order valence-corrected chi connectivity index (χ0v) is 10.8. The molecular formula is C12H22N4O. The molecule has 1 aromatic rings. The summed E-state index contributed by atoms with van der Waals surface area (Å²) in [5.74, 6) is 1.97. The Morgan fingerprint density at radius 1 is 1.24 bits per heavy atom. The summed E-state index contributed by atoms with van der Waals surface area (Å²) in [6.07, 6.45) is 2.43. The van der Waals surface area contributed by atoms with Crippen molar-refractivity contribution < 1.29 is 5.11 Å². The number of hydrogen-bond acceptors (Lipinski definition) is 5. The largest absolute Gasteiger partial charge is 0.396 e. The van der Waals surface area contributed by atoms with Gasteiger partial charge in [-0.3, -0.25) is 0 Å². The van der Waals surface area contributed by atoms with E-state index in [4.69, 9.17) is 5.11 Å². The topological polar surface area (TPSA) is 70.1 Å². The van der Waals surface area contributed by atoms with E-state index >= 15 is 0 Å². The summed E-state index contributed by atoms with van der Waals surface area (Å²) < 4.78 is 0. The first-order chi connectivity index (χ1) is 8.22. The van der Waals surface area contributed by atoms with Crippen LogP contribution in [0.5, 0.6) is 0 Å². The molecule has 5 heteroatoms. The number of hydrogen-bond donors (Lipinski definition) is 3. The molecule has 1 atom stereocenters. The highest BCUT2D eigenvalue weighted by molar-refractivity contribution is 5.57. The lowest BCUT2D eigenvalue weighted by Gasteiger charge is -2.15. The first-order valence-corrected chi connectivity index (χ1v) is 6.15. The van der Waals surface area contributed by atoms with E-state index in [0.29, 0.717) is 6.54 Å². The molecule has 96 valence electrons. The number of nitrogens with zero attached hydrogens (tertiary/aromatic N) is 2. The molecule has 0 fully saturated rings. The zero-order chi connectivity index (χ0) is 12.7. The van der Waals surface area contributed by atoms with Gasteiger partial charge in [0.05, 0.1) is 0 Å². The van der Waals surface area contributed by atoms with Gasteiger partial charge in [-0.1, -0.05) is 13.8 Å².